The monoisotopic (exact) mass is 243 g/mol. The number of nitrogens with one attached hydrogen (secondary N) is 1. The SMILES string of the molecule is OC1(COc2cc(F)cc(F)c2)CCNCC1. The molecule has 1 aliphatic rings. The van der Waals surface area contributed by atoms with E-state index in [1.807, 2.05) is 0 Å². The van der Waals surface area contributed by atoms with Crippen molar-refractivity contribution < 1.29 is 18.6 Å². The summed E-state index contributed by atoms with van der Waals surface area (Å²) in [5.41, 5.74) is -0.909. The molecule has 0 spiro atoms. The van der Waals surface area contributed by atoms with Crippen molar-refractivity contribution in [1.82, 2.24) is 5.32 Å². The zero-order valence-electron chi connectivity index (χ0n) is 9.38. The molecular weight excluding hydrogens is 228 g/mol. The summed E-state index contributed by atoms with van der Waals surface area (Å²) in [5, 5.41) is 13.2. The third kappa shape index (κ3) is 3.38. The summed E-state index contributed by atoms with van der Waals surface area (Å²) in [6.07, 6.45) is 1.15. The molecule has 2 N–H and O–H groups in total. The maximum atomic E-state index is 12.9. The van der Waals surface area contributed by atoms with Crippen LogP contribution < -0.4 is 10.1 Å². The standard InChI is InChI=1S/C12H15F2NO2/c13-9-5-10(14)7-11(6-9)17-8-12(16)1-3-15-4-2-12/h5-7,15-16H,1-4,8H2. The second-order valence-corrected chi connectivity index (χ2v) is 4.37. The third-order valence-electron chi connectivity index (χ3n) is 2.88. The number of aliphatic hydroxyl groups is 1. The van der Waals surface area contributed by atoms with Crippen LogP contribution in [0, 0.1) is 11.6 Å². The lowest BCUT2D eigenvalue weighted by molar-refractivity contribution is -0.0287. The van der Waals surface area contributed by atoms with Crippen molar-refractivity contribution in [3.63, 3.8) is 0 Å². The Labute approximate surface area is 98.4 Å². The Morgan fingerprint density at radius 2 is 1.76 bits per heavy atom. The first kappa shape index (κ1) is 12.3. The van der Waals surface area contributed by atoms with Gasteiger partial charge in [0.2, 0.25) is 0 Å². The molecule has 1 aromatic carbocycles. The summed E-state index contributed by atoms with van der Waals surface area (Å²) in [6.45, 7) is 1.49. The fraction of sp³-hybridized carbons (Fsp3) is 0.500. The molecule has 0 amide bonds. The largest absolute Gasteiger partial charge is 0.490 e. The van der Waals surface area contributed by atoms with E-state index < -0.39 is 17.2 Å². The first-order chi connectivity index (χ1) is 8.07. The minimum Gasteiger partial charge on any atom is -0.490 e. The normalized spacial score (nSPS) is 19.0. The molecule has 5 heteroatoms. The highest BCUT2D eigenvalue weighted by molar-refractivity contribution is 5.23. The molecule has 1 fully saturated rings. The van der Waals surface area contributed by atoms with E-state index >= 15 is 0 Å². The highest BCUT2D eigenvalue weighted by Gasteiger charge is 2.29. The van der Waals surface area contributed by atoms with Crippen LogP contribution in [-0.2, 0) is 0 Å². The van der Waals surface area contributed by atoms with Crippen molar-refractivity contribution in [2.24, 2.45) is 0 Å². The predicted molar refractivity (Wildman–Crippen MR) is 58.9 cm³/mol. The number of benzene rings is 1. The van der Waals surface area contributed by atoms with Crippen LogP contribution in [-0.4, -0.2) is 30.4 Å². The minimum absolute atomic E-state index is 0.0531. The second kappa shape index (κ2) is 4.98. The fourth-order valence-electron chi connectivity index (χ4n) is 1.87. The summed E-state index contributed by atoms with van der Waals surface area (Å²) in [5.74, 6) is -1.26. The second-order valence-electron chi connectivity index (χ2n) is 4.37. The van der Waals surface area contributed by atoms with E-state index in [4.69, 9.17) is 4.74 Å². The number of piperidine rings is 1. The van der Waals surface area contributed by atoms with Gasteiger partial charge < -0.3 is 15.2 Å². The topological polar surface area (TPSA) is 41.5 Å². The molecule has 2 rings (SSSR count). The average molecular weight is 243 g/mol. The van der Waals surface area contributed by atoms with Crippen molar-refractivity contribution in [3.8, 4) is 5.75 Å². The number of halogens is 2. The molecule has 1 saturated heterocycles. The Bertz CT molecular complexity index is 372. The van der Waals surface area contributed by atoms with Crippen molar-refractivity contribution in [1.29, 1.82) is 0 Å². The minimum atomic E-state index is -0.909. The molecule has 0 saturated carbocycles. The van der Waals surface area contributed by atoms with Gasteiger partial charge in [-0.25, -0.2) is 8.78 Å². The van der Waals surface area contributed by atoms with Crippen molar-refractivity contribution >= 4 is 0 Å². The van der Waals surface area contributed by atoms with E-state index in [1.54, 1.807) is 0 Å². The molecule has 0 aromatic heterocycles. The average Bonchev–Trinajstić information content (AvgIpc) is 2.26. The zero-order chi connectivity index (χ0) is 12.3. The maximum absolute atomic E-state index is 12.9. The lowest BCUT2D eigenvalue weighted by Gasteiger charge is -2.32. The van der Waals surface area contributed by atoms with Crippen molar-refractivity contribution in [3.05, 3.63) is 29.8 Å². The van der Waals surface area contributed by atoms with Crippen LogP contribution in [0.15, 0.2) is 18.2 Å². The van der Waals surface area contributed by atoms with Gasteiger partial charge in [-0.1, -0.05) is 0 Å². The maximum Gasteiger partial charge on any atom is 0.129 e. The molecule has 0 atom stereocenters. The van der Waals surface area contributed by atoms with Gasteiger partial charge in [-0.05, 0) is 25.9 Å². The van der Waals surface area contributed by atoms with Crippen LogP contribution in [0.25, 0.3) is 0 Å². The summed E-state index contributed by atoms with van der Waals surface area (Å²) in [7, 11) is 0. The first-order valence-corrected chi connectivity index (χ1v) is 5.59. The molecule has 17 heavy (non-hydrogen) atoms. The van der Waals surface area contributed by atoms with Gasteiger partial charge in [0.05, 0.1) is 0 Å². The van der Waals surface area contributed by atoms with Gasteiger partial charge in [0.25, 0.3) is 0 Å². The van der Waals surface area contributed by atoms with Gasteiger partial charge in [0, 0.05) is 18.2 Å². The third-order valence-corrected chi connectivity index (χ3v) is 2.88. The van der Waals surface area contributed by atoms with Gasteiger partial charge in [-0.2, -0.15) is 0 Å². The van der Waals surface area contributed by atoms with Crippen LogP contribution in [0.3, 0.4) is 0 Å². The van der Waals surface area contributed by atoms with E-state index in [9.17, 15) is 13.9 Å². The Balaban J connectivity index is 1.96. The summed E-state index contributed by atoms with van der Waals surface area (Å²) >= 11 is 0. The molecule has 94 valence electrons. The Kier molecular flexibility index (Phi) is 3.59. The van der Waals surface area contributed by atoms with Gasteiger partial charge in [0.15, 0.2) is 0 Å². The van der Waals surface area contributed by atoms with Gasteiger partial charge in [0.1, 0.15) is 29.6 Å². The predicted octanol–water partition coefficient (Wildman–Crippen LogP) is 1.46. The lowest BCUT2D eigenvalue weighted by Crippen LogP contribution is -2.45. The molecule has 1 aliphatic heterocycles. The molecule has 0 aliphatic carbocycles. The molecule has 0 radical (unpaired) electrons. The number of hydrogen-bond donors (Lipinski definition) is 2. The van der Waals surface area contributed by atoms with Crippen LogP contribution in [0.1, 0.15) is 12.8 Å². The smallest absolute Gasteiger partial charge is 0.129 e. The van der Waals surface area contributed by atoms with Crippen LogP contribution in [0.5, 0.6) is 5.75 Å². The molecule has 0 bridgehead atoms. The van der Waals surface area contributed by atoms with E-state index in [-0.39, 0.29) is 12.4 Å². The molecule has 1 aromatic rings. The highest BCUT2D eigenvalue weighted by Crippen LogP contribution is 2.21. The van der Waals surface area contributed by atoms with E-state index in [2.05, 4.69) is 5.32 Å². The summed E-state index contributed by atoms with van der Waals surface area (Å²) < 4.78 is 31.0. The van der Waals surface area contributed by atoms with Gasteiger partial charge in [-0.3, -0.25) is 0 Å². The lowest BCUT2D eigenvalue weighted by atomic mass is 9.93. The van der Waals surface area contributed by atoms with E-state index in [0.717, 1.165) is 31.3 Å². The molecule has 3 nitrogen and oxygen atoms in total. The fourth-order valence-corrected chi connectivity index (χ4v) is 1.87. The zero-order valence-corrected chi connectivity index (χ0v) is 9.38. The Morgan fingerprint density at radius 3 is 2.35 bits per heavy atom. The Hall–Kier alpha value is -1.20. The number of hydrogen-bond acceptors (Lipinski definition) is 3. The van der Waals surface area contributed by atoms with E-state index in [0.29, 0.717) is 12.8 Å². The first-order valence-electron chi connectivity index (χ1n) is 5.59. The van der Waals surface area contributed by atoms with Crippen LogP contribution in [0.2, 0.25) is 0 Å². The molecule has 0 unspecified atom stereocenters. The van der Waals surface area contributed by atoms with Gasteiger partial charge in [-0.15, -0.1) is 0 Å². The number of ether oxygens (including phenoxy) is 1. The van der Waals surface area contributed by atoms with Crippen LogP contribution in [0.4, 0.5) is 8.78 Å². The number of rotatable bonds is 3. The van der Waals surface area contributed by atoms with Crippen molar-refractivity contribution in [2.45, 2.75) is 18.4 Å². The highest BCUT2D eigenvalue weighted by atomic mass is 19.1. The molecule has 1 heterocycles. The summed E-state index contributed by atoms with van der Waals surface area (Å²) in [4.78, 5) is 0. The summed E-state index contributed by atoms with van der Waals surface area (Å²) in [6, 6.07) is 2.99. The van der Waals surface area contributed by atoms with Crippen LogP contribution >= 0.6 is 0 Å². The quantitative estimate of drug-likeness (QED) is 0.844. The van der Waals surface area contributed by atoms with Crippen molar-refractivity contribution in [2.75, 3.05) is 19.7 Å². The van der Waals surface area contributed by atoms with Gasteiger partial charge >= 0.3 is 0 Å². The van der Waals surface area contributed by atoms with E-state index in [1.165, 1.54) is 0 Å². The Morgan fingerprint density at radius 1 is 1.18 bits per heavy atom. The molecular formula is C12H15F2NO2.